The van der Waals surface area contributed by atoms with E-state index >= 15 is 0 Å². The van der Waals surface area contributed by atoms with Gasteiger partial charge in [-0.15, -0.1) is 0 Å². The molecule has 0 fully saturated rings. The third-order valence-corrected chi connectivity index (χ3v) is 5.29. The SMILES string of the molecule is COCCN(CC(C)C)C(=O)c1cc(S(=O)(=O)NC(C)C)ccc1Cl. The van der Waals surface area contributed by atoms with Crippen LogP contribution >= 0.6 is 11.6 Å². The van der Waals surface area contributed by atoms with Gasteiger partial charge in [-0.05, 0) is 38.0 Å². The molecule has 0 saturated carbocycles. The Kier molecular flexibility index (Phi) is 8.34. The monoisotopic (exact) mass is 390 g/mol. The maximum atomic E-state index is 12.9. The fraction of sp³-hybridized carbons (Fsp3) is 0.588. The lowest BCUT2D eigenvalue weighted by atomic mass is 10.1. The van der Waals surface area contributed by atoms with Crippen LogP contribution in [0.2, 0.25) is 5.02 Å². The zero-order valence-corrected chi connectivity index (χ0v) is 16.9. The average Bonchev–Trinajstić information content (AvgIpc) is 2.49. The maximum Gasteiger partial charge on any atom is 0.255 e. The van der Waals surface area contributed by atoms with Gasteiger partial charge < -0.3 is 9.64 Å². The molecular weight excluding hydrogens is 364 g/mol. The van der Waals surface area contributed by atoms with E-state index in [4.69, 9.17) is 16.3 Å². The minimum absolute atomic E-state index is 0.0187. The number of nitrogens with zero attached hydrogens (tertiary/aromatic N) is 1. The normalized spacial score (nSPS) is 12.0. The lowest BCUT2D eigenvalue weighted by molar-refractivity contribution is 0.0672. The molecule has 0 aliphatic carbocycles. The van der Waals surface area contributed by atoms with Crippen molar-refractivity contribution in [1.29, 1.82) is 0 Å². The second kappa shape index (κ2) is 9.52. The van der Waals surface area contributed by atoms with Crippen LogP contribution in [0.1, 0.15) is 38.1 Å². The van der Waals surface area contributed by atoms with Crippen molar-refractivity contribution in [3.63, 3.8) is 0 Å². The average molecular weight is 391 g/mol. The number of amides is 1. The number of sulfonamides is 1. The van der Waals surface area contributed by atoms with Gasteiger partial charge in [0.15, 0.2) is 0 Å². The lowest BCUT2D eigenvalue weighted by Crippen LogP contribution is -2.37. The Morgan fingerprint density at radius 2 is 1.92 bits per heavy atom. The Balaban J connectivity index is 3.21. The van der Waals surface area contributed by atoms with Crippen molar-refractivity contribution in [3.8, 4) is 0 Å². The van der Waals surface area contributed by atoms with E-state index in [9.17, 15) is 13.2 Å². The summed E-state index contributed by atoms with van der Waals surface area (Å²) in [5, 5.41) is 0.222. The molecule has 0 radical (unpaired) electrons. The minimum Gasteiger partial charge on any atom is -0.383 e. The third kappa shape index (κ3) is 6.58. The van der Waals surface area contributed by atoms with E-state index < -0.39 is 10.0 Å². The van der Waals surface area contributed by atoms with E-state index in [1.54, 1.807) is 25.9 Å². The highest BCUT2D eigenvalue weighted by molar-refractivity contribution is 7.89. The fourth-order valence-electron chi connectivity index (χ4n) is 2.30. The predicted molar refractivity (Wildman–Crippen MR) is 99.5 cm³/mol. The van der Waals surface area contributed by atoms with E-state index in [-0.39, 0.29) is 33.3 Å². The summed E-state index contributed by atoms with van der Waals surface area (Å²) in [5.74, 6) is -0.0496. The Labute approximate surface area is 155 Å². The van der Waals surface area contributed by atoms with Crippen molar-refractivity contribution in [2.24, 2.45) is 5.92 Å². The van der Waals surface area contributed by atoms with E-state index in [2.05, 4.69) is 4.72 Å². The van der Waals surface area contributed by atoms with E-state index in [1.807, 2.05) is 13.8 Å². The summed E-state index contributed by atoms with van der Waals surface area (Å²) in [6.45, 7) is 8.79. The van der Waals surface area contributed by atoms with E-state index in [0.717, 1.165) is 0 Å². The molecule has 1 aromatic carbocycles. The van der Waals surface area contributed by atoms with E-state index in [1.165, 1.54) is 18.2 Å². The van der Waals surface area contributed by atoms with Crippen LogP contribution in [0.25, 0.3) is 0 Å². The van der Waals surface area contributed by atoms with Gasteiger partial charge in [-0.3, -0.25) is 4.79 Å². The molecule has 0 bridgehead atoms. The first-order valence-corrected chi connectivity index (χ1v) is 10.0. The van der Waals surface area contributed by atoms with Crippen LogP contribution in [-0.2, 0) is 14.8 Å². The molecule has 0 saturated heterocycles. The van der Waals surface area contributed by atoms with Crippen molar-refractivity contribution in [3.05, 3.63) is 28.8 Å². The molecule has 25 heavy (non-hydrogen) atoms. The smallest absolute Gasteiger partial charge is 0.255 e. The quantitative estimate of drug-likeness (QED) is 0.703. The molecule has 1 amide bonds. The van der Waals surface area contributed by atoms with Crippen LogP contribution in [0, 0.1) is 5.92 Å². The topological polar surface area (TPSA) is 75.7 Å². The standard InChI is InChI=1S/C17H27ClN2O4S/c1-12(2)11-20(8-9-24-5)17(21)15-10-14(6-7-16(15)18)25(22,23)19-13(3)4/h6-7,10,12-13,19H,8-9,11H2,1-5H3. The van der Waals surface area contributed by atoms with Gasteiger partial charge in [0.25, 0.3) is 5.91 Å². The summed E-state index contributed by atoms with van der Waals surface area (Å²) < 4.78 is 32.3. The number of nitrogens with one attached hydrogen (secondary N) is 1. The molecule has 0 heterocycles. The van der Waals surface area contributed by atoms with Crippen LogP contribution in [0.5, 0.6) is 0 Å². The van der Waals surface area contributed by atoms with Crippen LogP contribution in [0.4, 0.5) is 0 Å². The van der Waals surface area contributed by atoms with Crippen molar-refractivity contribution >= 4 is 27.5 Å². The number of halogens is 1. The highest BCUT2D eigenvalue weighted by atomic mass is 35.5. The number of benzene rings is 1. The van der Waals surface area contributed by atoms with Gasteiger partial charge in [0, 0.05) is 26.2 Å². The van der Waals surface area contributed by atoms with Gasteiger partial charge in [-0.25, -0.2) is 13.1 Å². The molecule has 0 unspecified atom stereocenters. The molecule has 0 atom stereocenters. The number of methoxy groups -OCH3 is 1. The van der Waals surface area contributed by atoms with Crippen molar-refractivity contribution in [1.82, 2.24) is 9.62 Å². The first kappa shape index (κ1) is 21.9. The molecule has 1 aromatic rings. The van der Waals surface area contributed by atoms with Gasteiger partial charge in [0.2, 0.25) is 10.0 Å². The molecule has 8 heteroatoms. The first-order chi connectivity index (χ1) is 11.6. The van der Waals surface area contributed by atoms with Gasteiger partial charge in [-0.2, -0.15) is 0 Å². The number of carbonyl (C=O) groups is 1. The minimum atomic E-state index is -3.70. The largest absolute Gasteiger partial charge is 0.383 e. The molecule has 0 aromatic heterocycles. The van der Waals surface area contributed by atoms with Gasteiger partial charge in [0.05, 0.1) is 22.1 Å². The van der Waals surface area contributed by atoms with Crippen LogP contribution < -0.4 is 4.72 Å². The van der Waals surface area contributed by atoms with Gasteiger partial charge in [0.1, 0.15) is 0 Å². The summed E-state index contributed by atoms with van der Waals surface area (Å²) in [6, 6.07) is 3.91. The first-order valence-electron chi connectivity index (χ1n) is 8.18. The summed E-state index contributed by atoms with van der Waals surface area (Å²) in [7, 11) is -2.14. The highest BCUT2D eigenvalue weighted by Crippen LogP contribution is 2.22. The Hall–Kier alpha value is -1.15. The summed E-state index contributed by atoms with van der Waals surface area (Å²) in [6.07, 6.45) is 0. The lowest BCUT2D eigenvalue weighted by Gasteiger charge is -2.25. The summed E-state index contributed by atoms with van der Waals surface area (Å²) >= 11 is 6.17. The second-order valence-electron chi connectivity index (χ2n) is 6.56. The van der Waals surface area contributed by atoms with E-state index in [0.29, 0.717) is 19.7 Å². The molecule has 0 spiro atoms. The summed E-state index contributed by atoms with van der Waals surface area (Å²) in [4.78, 5) is 14.5. The Bertz CT molecular complexity index is 690. The molecule has 6 nitrogen and oxygen atoms in total. The van der Waals surface area contributed by atoms with Gasteiger partial charge >= 0.3 is 0 Å². The van der Waals surface area contributed by atoms with Crippen LogP contribution in [-0.4, -0.2) is 52.1 Å². The van der Waals surface area contributed by atoms with Crippen LogP contribution in [0.15, 0.2) is 23.1 Å². The molecule has 1 N–H and O–H groups in total. The molecule has 0 aliphatic rings. The summed E-state index contributed by atoms with van der Waals surface area (Å²) in [5.41, 5.74) is 0.171. The Morgan fingerprint density at radius 3 is 2.44 bits per heavy atom. The van der Waals surface area contributed by atoms with Crippen molar-refractivity contribution < 1.29 is 17.9 Å². The second-order valence-corrected chi connectivity index (χ2v) is 8.68. The van der Waals surface area contributed by atoms with Gasteiger partial charge in [-0.1, -0.05) is 25.4 Å². The number of ether oxygens (including phenoxy) is 1. The fourth-order valence-corrected chi connectivity index (χ4v) is 3.78. The molecule has 0 aliphatic heterocycles. The molecule has 142 valence electrons. The predicted octanol–water partition coefficient (Wildman–Crippen LogP) is 2.77. The molecular formula is C17H27ClN2O4S. The third-order valence-electron chi connectivity index (χ3n) is 3.31. The van der Waals surface area contributed by atoms with Crippen LogP contribution in [0.3, 0.4) is 0 Å². The van der Waals surface area contributed by atoms with Crippen molar-refractivity contribution in [2.75, 3.05) is 26.8 Å². The number of hydrogen-bond donors (Lipinski definition) is 1. The highest BCUT2D eigenvalue weighted by Gasteiger charge is 2.23. The zero-order chi connectivity index (χ0) is 19.2. The maximum absolute atomic E-state index is 12.9. The zero-order valence-electron chi connectivity index (χ0n) is 15.4. The number of carbonyl (C=O) groups excluding carboxylic acids is 1. The molecule has 1 rings (SSSR count). The Morgan fingerprint density at radius 1 is 1.28 bits per heavy atom. The number of rotatable bonds is 9. The van der Waals surface area contributed by atoms with Crippen molar-refractivity contribution in [2.45, 2.75) is 38.6 Å². The number of hydrogen-bond acceptors (Lipinski definition) is 4.